The second kappa shape index (κ2) is 5.92. The van der Waals surface area contributed by atoms with Crippen LogP contribution in [0.1, 0.15) is 12.0 Å². The normalized spacial score (nSPS) is 11.7. The zero-order valence-electron chi connectivity index (χ0n) is 9.84. The summed E-state index contributed by atoms with van der Waals surface area (Å²) in [5.41, 5.74) is 0.637. The van der Waals surface area contributed by atoms with Crippen LogP contribution < -0.4 is 0 Å². The van der Waals surface area contributed by atoms with Gasteiger partial charge in [0.15, 0.2) is 0 Å². The first-order chi connectivity index (χ1) is 8.31. The molecule has 0 spiro atoms. The molecule has 0 radical (unpaired) electrons. The summed E-state index contributed by atoms with van der Waals surface area (Å²) in [5, 5.41) is 8.45. The van der Waals surface area contributed by atoms with E-state index in [1.54, 1.807) is 0 Å². The van der Waals surface area contributed by atoms with Gasteiger partial charge in [-0.3, -0.25) is 4.79 Å². The van der Waals surface area contributed by atoms with Gasteiger partial charge in [0.2, 0.25) is 10.0 Å². The minimum absolute atomic E-state index is 0.0855. The summed E-state index contributed by atoms with van der Waals surface area (Å²) in [5.74, 6) is -2.00. The first kappa shape index (κ1) is 14.6. The number of halogens is 1. The third-order valence-electron chi connectivity index (χ3n) is 2.37. The number of benzene rings is 1. The van der Waals surface area contributed by atoms with Crippen LogP contribution in [0.4, 0.5) is 4.39 Å². The van der Waals surface area contributed by atoms with E-state index < -0.39 is 34.0 Å². The minimum Gasteiger partial charge on any atom is -0.481 e. The van der Waals surface area contributed by atoms with E-state index in [0.717, 1.165) is 4.31 Å². The van der Waals surface area contributed by atoms with Crippen molar-refractivity contribution < 1.29 is 22.7 Å². The smallest absolute Gasteiger partial charge is 0.304 e. The first-order valence-corrected chi connectivity index (χ1v) is 6.82. The molecule has 7 heteroatoms. The van der Waals surface area contributed by atoms with Crippen LogP contribution in [-0.4, -0.2) is 36.6 Å². The molecule has 1 aromatic carbocycles. The van der Waals surface area contributed by atoms with E-state index >= 15 is 0 Å². The van der Waals surface area contributed by atoms with Gasteiger partial charge in [0.1, 0.15) is 5.82 Å². The average molecular weight is 275 g/mol. The summed E-state index contributed by atoms with van der Waals surface area (Å²) >= 11 is 0. The molecular weight excluding hydrogens is 261 g/mol. The number of nitrogens with zero attached hydrogens (tertiary/aromatic N) is 1. The van der Waals surface area contributed by atoms with Gasteiger partial charge in [-0.15, -0.1) is 0 Å². The number of carboxylic acids is 1. The molecule has 0 amide bonds. The quantitative estimate of drug-likeness (QED) is 0.842. The first-order valence-electron chi connectivity index (χ1n) is 5.21. The Bertz CT molecular complexity index is 512. The highest BCUT2D eigenvalue weighted by atomic mass is 32.2. The van der Waals surface area contributed by atoms with Crippen molar-refractivity contribution >= 4 is 16.0 Å². The third-order valence-corrected chi connectivity index (χ3v) is 4.17. The molecule has 0 fully saturated rings. The molecule has 5 nitrogen and oxygen atoms in total. The highest BCUT2D eigenvalue weighted by Crippen LogP contribution is 2.09. The zero-order chi connectivity index (χ0) is 13.8. The van der Waals surface area contributed by atoms with Crippen LogP contribution >= 0.6 is 0 Å². The molecular formula is C11H14FNO4S. The highest BCUT2D eigenvalue weighted by molar-refractivity contribution is 7.89. The number of rotatable bonds is 6. The second-order valence-corrected chi connectivity index (χ2v) is 6.04. The molecule has 1 aromatic rings. The lowest BCUT2D eigenvalue weighted by Gasteiger charge is -2.16. The van der Waals surface area contributed by atoms with Crippen molar-refractivity contribution in [3.05, 3.63) is 35.6 Å². The van der Waals surface area contributed by atoms with Crippen LogP contribution in [0.15, 0.2) is 24.3 Å². The Labute approximate surface area is 105 Å². The van der Waals surface area contributed by atoms with Gasteiger partial charge in [-0.1, -0.05) is 12.1 Å². The maximum atomic E-state index is 12.7. The van der Waals surface area contributed by atoms with Crippen molar-refractivity contribution in [2.75, 3.05) is 12.8 Å². The van der Waals surface area contributed by atoms with Crippen molar-refractivity contribution in [3.63, 3.8) is 0 Å². The lowest BCUT2D eigenvalue weighted by molar-refractivity contribution is -0.136. The number of sulfonamides is 1. The van der Waals surface area contributed by atoms with Crippen LogP contribution in [0.3, 0.4) is 0 Å². The fraction of sp³-hybridized carbons (Fsp3) is 0.364. The molecule has 1 rings (SSSR count). The number of hydrogen-bond acceptors (Lipinski definition) is 3. The van der Waals surface area contributed by atoms with Crippen LogP contribution in [0.2, 0.25) is 0 Å². The molecule has 0 aliphatic heterocycles. The van der Waals surface area contributed by atoms with Crippen LogP contribution in [0.25, 0.3) is 0 Å². The van der Waals surface area contributed by atoms with Crippen molar-refractivity contribution in [2.45, 2.75) is 13.0 Å². The van der Waals surface area contributed by atoms with Gasteiger partial charge in [-0.2, -0.15) is 0 Å². The van der Waals surface area contributed by atoms with Crippen molar-refractivity contribution in [2.24, 2.45) is 0 Å². The van der Waals surface area contributed by atoms with Crippen molar-refractivity contribution in [1.82, 2.24) is 4.31 Å². The Morgan fingerprint density at radius 3 is 2.39 bits per heavy atom. The van der Waals surface area contributed by atoms with Crippen molar-refractivity contribution in [1.29, 1.82) is 0 Å². The maximum absolute atomic E-state index is 12.7. The molecule has 0 aromatic heterocycles. The topological polar surface area (TPSA) is 74.7 Å². The summed E-state index contributed by atoms with van der Waals surface area (Å²) < 4.78 is 37.1. The molecule has 0 saturated heterocycles. The Morgan fingerprint density at radius 1 is 1.33 bits per heavy atom. The van der Waals surface area contributed by atoms with Gasteiger partial charge in [-0.05, 0) is 17.7 Å². The SMILES string of the molecule is CN(Cc1ccc(F)cc1)S(=O)(=O)CCC(=O)O. The molecule has 0 aliphatic carbocycles. The largest absolute Gasteiger partial charge is 0.481 e. The Hall–Kier alpha value is -1.47. The summed E-state index contributed by atoms with van der Waals surface area (Å²) in [6.07, 6.45) is -0.434. The number of carbonyl (C=O) groups is 1. The number of aliphatic carboxylic acids is 1. The van der Waals surface area contributed by atoms with Gasteiger partial charge in [-0.25, -0.2) is 17.1 Å². The van der Waals surface area contributed by atoms with Gasteiger partial charge < -0.3 is 5.11 Å². The maximum Gasteiger partial charge on any atom is 0.304 e. The second-order valence-electron chi connectivity index (χ2n) is 3.84. The fourth-order valence-electron chi connectivity index (χ4n) is 1.32. The highest BCUT2D eigenvalue weighted by Gasteiger charge is 2.19. The Balaban J connectivity index is 2.66. The van der Waals surface area contributed by atoms with Gasteiger partial charge in [0.05, 0.1) is 12.2 Å². The van der Waals surface area contributed by atoms with Gasteiger partial charge in [0.25, 0.3) is 0 Å². The summed E-state index contributed by atoms with van der Waals surface area (Å²) in [4.78, 5) is 10.3. The molecule has 0 bridgehead atoms. The fourth-order valence-corrected chi connectivity index (χ4v) is 2.41. The summed E-state index contributed by atoms with van der Waals surface area (Å²) in [7, 11) is -2.24. The molecule has 0 unspecified atom stereocenters. The summed E-state index contributed by atoms with van der Waals surface area (Å²) in [6.45, 7) is 0.0855. The predicted molar refractivity (Wildman–Crippen MR) is 63.9 cm³/mol. The monoisotopic (exact) mass is 275 g/mol. The van der Waals surface area contributed by atoms with E-state index in [9.17, 15) is 17.6 Å². The van der Waals surface area contributed by atoms with E-state index in [2.05, 4.69) is 0 Å². The van der Waals surface area contributed by atoms with Gasteiger partial charge in [0, 0.05) is 13.6 Å². The molecule has 0 atom stereocenters. The van der Waals surface area contributed by atoms with Gasteiger partial charge >= 0.3 is 5.97 Å². The van der Waals surface area contributed by atoms with Crippen LogP contribution in [0.5, 0.6) is 0 Å². The zero-order valence-corrected chi connectivity index (χ0v) is 10.7. The Kier molecular flexibility index (Phi) is 4.80. The lowest BCUT2D eigenvalue weighted by Crippen LogP contribution is -2.29. The standard InChI is InChI=1S/C11H14FNO4S/c1-13(18(16,17)7-6-11(14)15)8-9-2-4-10(12)5-3-9/h2-5H,6-8H2,1H3,(H,14,15). The molecule has 100 valence electrons. The van der Waals surface area contributed by atoms with Crippen LogP contribution in [-0.2, 0) is 21.4 Å². The molecule has 0 heterocycles. The molecule has 18 heavy (non-hydrogen) atoms. The van der Waals surface area contributed by atoms with E-state index in [1.807, 2.05) is 0 Å². The number of hydrogen-bond donors (Lipinski definition) is 1. The minimum atomic E-state index is -3.60. The summed E-state index contributed by atoms with van der Waals surface area (Å²) in [6, 6.07) is 5.46. The average Bonchev–Trinajstić information content (AvgIpc) is 2.29. The van der Waals surface area contributed by atoms with E-state index in [1.165, 1.54) is 31.3 Å². The Morgan fingerprint density at radius 2 is 1.89 bits per heavy atom. The van der Waals surface area contributed by atoms with Crippen LogP contribution in [0, 0.1) is 5.82 Å². The number of carboxylic acid groups (broad SMARTS) is 1. The molecule has 1 N–H and O–H groups in total. The molecule has 0 aliphatic rings. The van der Waals surface area contributed by atoms with E-state index in [4.69, 9.17) is 5.11 Å². The lowest BCUT2D eigenvalue weighted by atomic mass is 10.2. The predicted octanol–water partition coefficient (Wildman–Crippen LogP) is 1.06. The van der Waals surface area contributed by atoms with E-state index in [0.29, 0.717) is 5.56 Å². The molecule has 0 saturated carbocycles. The third kappa shape index (κ3) is 4.42. The van der Waals surface area contributed by atoms with E-state index in [-0.39, 0.29) is 6.54 Å². The van der Waals surface area contributed by atoms with Crippen molar-refractivity contribution in [3.8, 4) is 0 Å².